The van der Waals surface area contributed by atoms with Crippen LogP contribution < -0.4 is 0 Å². The zero-order valence-electron chi connectivity index (χ0n) is 17.7. The van der Waals surface area contributed by atoms with Crippen LogP contribution in [-0.2, 0) is 0 Å². The maximum absolute atomic E-state index is 8.81. The Bertz CT molecular complexity index is 1170. The Labute approximate surface area is 188 Å². The molecular weight excluding hydrogens is 406 g/mol. The second kappa shape index (κ2) is 9.47. The Morgan fingerprint density at radius 1 is 1.23 bits per heavy atom. The van der Waals surface area contributed by atoms with Gasteiger partial charge in [-0.25, -0.2) is 0 Å². The van der Waals surface area contributed by atoms with E-state index in [1.807, 2.05) is 26.0 Å². The number of nitrogens with zero attached hydrogens (tertiary/aromatic N) is 1. The highest BCUT2D eigenvalue weighted by Crippen LogP contribution is 2.39. The summed E-state index contributed by atoms with van der Waals surface area (Å²) >= 11 is 8.30. The molecule has 30 heavy (non-hydrogen) atoms. The quantitative estimate of drug-likeness (QED) is 0.271. The summed E-state index contributed by atoms with van der Waals surface area (Å²) < 4.78 is 1.27. The predicted molar refractivity (Wildman–Crippen MR) is 134 cm³/mol. The summed E-state index contributed by atoms with van der Waals surface area (Å²) in [7, 11) is 0. The van der Waals surface area contributed by atoms with Gasteiger partial charge in [-0.05, 0) is 72.5 Å². The number of benzene rings is 2. The van der Waals surface area contributed by atoms with Crippen molar-refractivity contribution in [3.05, 3.63) is 83.3 Å². The summed E-state index contributed by atoms with van der Waals surface area (Å²) in [5.74, 6) is 0. The van der Waals surface area contributed by atoms with Crippen molar-refractivity contribution in [1.82, 2.24) is 0 Å². The maximum Gasteiger partial charge on any atom is 0.0663 e. The van der Waals surface area contributed by atoms with Gasteiger partial charge in [0.15, 0.2) is 0 Å². The van der Waals surface area contributed by atoms with E-state index in [9.17, 15) is 0 Å². The van der Waals surface area contributed by atoms with Crippen molar-refractivity contribution in [2.75, 3.05) is 0 Å². The maximum atomic E-state index is 8.81. The van der Waals surface area contributed by atoms with Crippen LogP contribution in [0.25, 0.3) is 32.9 Å². The molecule has 0 bridgehead atoms. The molecule has 3 rings (SSSR count). The van der Waals surface area contributed by atoms with E-state index in [2.05, 4.69) is 74.2 Å². The average Bonchev–Trinajstić information content (AvgIpc) is 3.03. The Morgan fingerprint density at radius 3 is 2.70 bits per heavy atom. The van der Waals surface area contributed by atoms with Gasteiger partial charge in [0.1, 0.15) is 0 Å². The molecule has 0 aliphatic heterocycles. The molecule has 3 heteroatoms. The fourth-order valence-corrected chi connectivity index (χ4v) is 5.02. The van der Waals surface area contributed by atoms with Crippen molar-refractivity contribution in [3.8, 4) is 17.2 Å². The predicted octanol–water partition coefficient (Wildman–Crippen LogP) is 8.78. The van der Waals surface area contributed by atoms with Crippen LogP contribution in [0, 0.1) is 18.3 Å². The highest BCUT2D eigenvalue weighted by molar-refractivity contribution is 7.20. The van der Waals surface area contributed by atoms with Gasteiger partial charge in [0, 0.05) is 14.5 Å². The number of halogens is 1. The minimum absolute atomic E-state index is 0.319. The number of hydrogen-bond acceptors (Lipinski definition) is 2. The van der Waals surface area contributed by atoms with E-state index in [0.717, 1.165) is 6.42 Å². The highest BCUT2D eigenvalue weighted by atomic mass is 35.5. The molecule has 2 aromatic carbocycles. The fourth-order valence-electron chi connectivity index (χ4n) is 3.61. The zero-order chi connectivity index (χ0) is 21.7. The average molecular weight is 432 g/mol. The molecular formula is C27H26ClNS. The van der Waals surface area contributed by atoms with E-state index in [-0.39, 0.29) is 4.87 Å². The Hall–Kier alpha value is -2.60. The Morgan fingerprint density at radius 2 is 2.00 bits per heavy atom. The first-order valence-electron chi connectivity index (χ1n) is 10.0. The number of nitriles is 1. The molecule has 3 aromatic rings. The number of allylic oxidation sites excluding steroid dienone is 4. The van der Waals surface area contributed by atoms with Gasteiger partial charge in [-0.3, -0.25) is 0 Å². The van der Waals surface area contributed by atoms with E-state index in [4.69, 9.17) is 16.9 Å². The van der Waals surface area contributed by atoms with Crippen LogP contribution in [0.2, 0.25) is 0 Å². The van der Waals surface area contributed by atoms with E-state index < -0.39 is 0 Å². The topological polar surface area (TPSA) is 23.8 Å². The number of alkyl halides is 1. The van der Waals surface area contributed by atoms with Crippen molar-refractivity contribution in [2.24, 2.45) is 0 Å². The standard InChI is InChI=1S/C27H26ClNS/c1-5-10-22(18-27(3,4)28)20-11-8-12-21(17-20)24-14-9-13-23-19(2)25(30-26(23)24)15-6-7-16-29/h5-6,8-15,17H,1,7,18H2,2-4H3/b15-6-,22-10+. The summed E-state index contributed by atoms with van der Waals surface area (Å²) in [6.45, 7) is 10.1. The first-order valence-corrected chi connectivity index (χ1v) is 11.2. The lowest BCUT2D eigenvalue weighted by molar-refractivity contribution is 0.722. The number of thiophene rings is 1. The number of rotatable bonds is 7. The Balaban J connectivity index is 2.09. The molecule has 0 N–H and O–H groups in total. The molecule has 0 amide bonds. The zero-order valence-corrected chi connectivity index (χ0v) is 19.3. The van der Waals surface area contributed by atoms with Crippen LogP contribution in [0.4, 0.5) is 0 Å². The normalized spacial score (nSPS) is 12.4. The molecule has 152 valence electrons. The van der Waals surface area contributed by atoms with Crippen LogP contribution in [0.5, 0.6) is 0 Å². The van der Waals surface area contributed by atoms with E-state index >= 15 is 0 Å². The Kier molecular flexibility index (Phi) is 6.98. The molecule has 0 aliphatic rings. The SMILES string of the molecule is C=C/C=C(\CC(C)(C)Cl)c1cccc(-c2cccc3c(C)c(/C=C\CC#N)sc23)c1. The second-order valence-electron chi connectivity index (χ2n) is 7.94. The summed E-state index contributed by atoms with van der Waals surface area (Å²) in [5, 5.41) is 10.1. The lowest BCUT2D eigenvalue weighted by Gasteiger charge is -2.19. The van der Waals surface area contributed by atoms with Crippen LogP contribution in [-0.4, -0.2) is 4.87 Å². The molecule has 0 fully saturated rings. The summed E-state index contributed by atoms with van der Waals surface area (Å²) in [5.41, 5.74) is 6.03. The van der Waals surface area contributed by atoms with Gasteiger partial charge in [0.05, 0.1) is 12.5 Å². The molecule has 0 radical (unpaired) electrons. The summed E-state index contributed by atoms with van der Waals surface area (Å²) in [6, 6.07) is 17.3. The lowest BCUT2D eigenvalue weighted by Crippen LogP contribution is -2.10. The van der Waals surface area contributed by atoms with Crippen LogP contribution in [0.3, 0.4) is 0 Å². The lowest BCUT2D eigenvalue weighted by atomic mass is 9.92. The first-order chi connectivity index (χ1) is 14.3. The molecule has 0 unspecified atom stereocenters. The van der Waals surface area contributed by atoms with Crippen molar-refractivity contribution >= 4 is 44.7 Å². The van der Waals surface area contributed by atoms with Gasteiger partial charge in [0.25, 0.3) is 0 Å². The fraction of sp³-hybridized carbons (Fsp3) is 0.222. The summed E-state index contributed by atoms with van der Waals surface area (Å²) in [4.78, 5) is 0.889. The number of aryl methyl sites for hydroxylation is 1. The molecule has 0 spiro atoms. The largest absolute Gasteiger partial charge is 0.198 e. The van der Waals surface area contributed by atoms with Crippen LogP contribution in [0.15, 0.2) is 67.3 Å². The van der Waals surface area contributed by atoms with Gasteiger partial charge in [-0.2, -0.15) is 5.26 Å². The highest BCUT2D eigenvalue weighted by Gasteiger charge is 2.17. The first kappa shape index (κ1) is 22.1. The number of fused-ring (bicyclic) bond motifs is 1. The van der Waals surface area contributed by atoms with Crippen molar-refractivity contribution < 1.29 is 0 Å². The molecule has 0 atom stereocenters. The molecule has 0 saturated heterocycles. The van der Waals surface area contributed by atoms with E-state index in [1.54, 1.807) is 11.3 Å². The van der Waals surface area contributed by atoms with Crippen molar-refractivity contribution in [3.63, 3.8) is 0 Å². The molecule has 1 nitrogen and oxygen atoms in total. The smallest absolute Gasteiger partial charge is 0.0663 e. The molecule has 0 saturated carbocycles. The van der Waals surface area contributed by atoms with Gasteiger partial charge in [-0.15, -0.1) is 22.9 Å². The monoisotopic (exact) mass is 431 g/mol. The van der Waals surface area contributed by atoms with Crippen LogP contribution in [0.1, 0.15) is 42.7 Å². The van der Waals surface area contributed by atoms with Gasteiger partial charge in [0.2, 0.25) is 0 Å². The molecule has 0 aliphatic carbocycles. The van der Waals surface area contributed by atoms with E-state index in [0.29, 0.717) is 6.42 Å². The van der Waals surface area contributed by atoms with Crippen LogP contribution >= 0.6 is 22.9 Å². The number of hydrogen-bond donors (Lipinski definition) is 0. The van der Waals surface area contributed by atoms with Gasteiger partial charge < -0.3 is 0 Å². The third kappa shape index (κ3) is 5.11. The van der Waals surface area contributed by atoms with Crippen molar-refractivity contribution in [2.45, 2.75) is 38.5 Å². The minimum Gasteiger partial charge on any atom is -0.198 e. The second-order valence-corrected chi connectivity index (χ2v) is 10.0. The van der Waals surface area contributed by atoms with Crippen molar-refractivity contribution in [1.29, 1.82) is 5.26 Å². The minimum atomic E-state index is -0.319. The van der Waals surface area contributed by atoms with E-state index in [1.165, 1.54) is 42.8 Å². The molecule has 1 heterocycles. The van der Waals surface area contributed by atoms with Gasteiger partial charge in [-0.1, -0.05) is 61.2 Å². The summed E-state index contributed by atoms with van der Waals surface area (Å²) in [6.07, 6.45) is 9.07. The molecule has 1 aromatic heterocycles. The third-order valence-corrected chi connectivity index (χ3v) is 6.39. The van der Waals surface area contributed by atoms with Gasteiger partial charge >= 0.3 is 0 Å². The third-order valence-electron chi connectivity index (χ3n) is 4.95.